The van der Waals surface area contributed by atoms with Crippen LogP contribution in [0.2, 0.25) is 0 Å². The molecule has 1 saturated heterocycles. The van der Waals surface area contributed by atoms with E-state index in [1.807, 2.05) is 6.92 Å². The first-order valence-electron chi connectivity index (χ1n) is 4.93. The van der Waals surface area contributed by atoms with Crippen molar-refractivity contribution in [3.05, 3.63) is 29.6 Å². The van der Waals surface area contributed by atoms with E-state index in [2.05, 4.69) is 10.3 Å². The van der Waals surface area contributed by atoms with Gasteiger partial charge in [0.25, 0.3) is 0 Å². The minimum Gasteiger partial charge on any atom is -0.355 e. The highest BCUT2D eigenvalue weighted by molar-refractivity contribution is 6.10. The molecule has 78 valence electrons. The van der Waals surface area contributed by atoms with Gasteiger partial charge in [0.05, 0.1) is 0 Å². The number of nitrogens with zero attached hydrogens (tertiary/aromatic N) is 1. The first kappa shape index (κ1) is 9.83. The summed E-state index contributed by atoms with van der Waals surface area (Å²) in [6.45, 7) is 2.45. The summed E-state index contributed by atoms with van der Waals surface area (Å²) in [6, 6.07) is 3.50. The molecule has 15 heavy (non-hydrogen) atoms. The van der Waals surface area contributed by atoms with Gasteiger partial charge in [0.15, 0.2) is 5.78 Å². The Hall–Kier alpha value is -1.71. The van der Waals surface area contributed by atoms with Crippen molar-refractivity contribution in [2.45, 2.75) is 13.3 Å². The van der Waals surface area contributed by atoms with E-state index in [0.29, 0.717) is 18.5 Å². The molecule has 0 aromatic carbocycles. The Morgan fingerprint density at radius 2 is 2.33 bits per heavy atom. The Bertz CT molecular complexity index is 398. The summed E-state index contributed by atoms with van der Waals surface area (Å²) in [5, 5.41) is 2.65. The van der Waals surface area contributed by atoms with Gasteiger partial charge in [0, 0.05) is 24.0 Å². The summed E-state index contributed by atoms with van der Waals surface area (Å²) in [6.07, 6.45) is 2.12. The van der Waals surface area contributed by atoms with E-state index in [4.69, 9.17) is 0 Å². The summed E-state index contributed by atoms with van der Waals surface area (Å²) in [5.41, 5.74) is 1.38. The third-order valence-electron chi connectivity index (χ3n) is 2.56. The van der Waals surface area contributed by atoms with E-state index in [1.54, 1.807) is 12.1 Å². The Kier molecular flexibility index (Phi) is 2.49. The first-order valence-corrected chi connectivity index (χ1v) is 4.93. The molecule has 1 aromatic rings. The van der Waals surface area contributed by atoms with Gasteiger partial charge in [0.2, 0.25) is 5.91 Å². The van der Waals surface area contributed by atoms with Crippen LogP contribution in [0.25, 0.3) is 0 Å². The number of nitrogens with one attached hydrogen (secondary N) is 1. The highest BCUT2D eigenvalue weighted by atomic mass is 16.2. The fraction of sp³-hybridized carbons (Fsp3) is 0.364. The number of hydrogen-bond acceptors (Lipinski definition) is 3. The molecular weight excluding hydrogens is 192 g/mol. The molecule has 0 saturated carbocycles. The SMILES string of the molecule is Cc1ccc(C(=O)[C@H]2CCNC2=O)cn1. The number of ketones is 1. The van der Waals surface area contributed by atoms with Crippen molar-refractivity contribution in [2.24, 2.45) is 5.92 Å². The first-order chi connectivity index (χ1) is 7.18. The van der Waals surface area contributed by atoms with Gasteiger partial charge in [-0.1, -0.05) is 0 Å². The number of amides is 1. The van der Waals surface area contributed by atoms with Crippen LogP contribution in [-0.4, -0.2) is 23.2 Å². The lowest BCUT2D eigenvalue weighted by molar-refractivity contribution is -0.121. The van der Waals surface area contributed by atoms with E-state index in [9.17, 15) is 9.59 Å². The fourth-order valence-corrected chi connectivity index (χ4v) is 1.66. The molecule has 1 aliphatic rings. The molecule has 1 fully saturated rings. The standard InChI is InChI=1S/C11H12N2O2/c1-7-2-3-8(6-13-7)10(14)9-4-5-12-11(9)15/h2-3,6,9H,4-5H2,1H3,(H,12,15)/t9-/m1/s1. The Morgan fingerprint density at radius 1 is 1.53 bits per heavy atom. The summed E-state index contributed by atoms with van der Waals surface area (Å²) in [4.78, 5) is 27.2. The average Bonchev–Trinajstić information content (AvgIpc) is 2.65. The second kappa shape index (κ2) is 3.81. The quantitative estimate of drug-likeness (QED) is 0.570. The number of Topliss-reactive ketones (excluding diaryl/α,β-unsaturated/α-hetero) is 1. The van der Waals surface area contributed by atoms with Crippen LogP contribution in [0, 0.1) is 12.8 Å². The molecule has 0 aliphatic carbocycles. The number of hydrogen-bond donors (Lipinski definition) is 1. The summed E-state index contributed by atoms with van der Waals surface area (Å²) < 4.78 is 0. The van der Waals surface area contributed by atoms with E-state index in [0.717, 1.165) is 5.69 Å². The van der Waals surface area contributed by atoms with Crippen LogP contribution in [0.5, 0.6) is 0 Å². The van der Waals surface area contributed by atoms with Crippen molar-refractivity contribution in [2.75, 3.05) is 6.54 Å². The molecule has 1 N–H and O–H groups in total. The van der Waals surface area contributed by atoms with Crippen molar-refractivity contribution in [3.8, 4) is 0 Å². The second-order valence-electron chi connectivity index (χ2n) is 3.68. The van der Waals surface area contributed by atoms with Crippen LogP contribution in [0.15, 0.2) is 18.3 Å². The van der Waals surface area contributed by atoms with E-state index >= 15 is 0 Å². The molecule has 1 atom stereocenters. The molecule has 0 bridgehead atoms. The van der Waals surface area contributed by atoms with Crippen LogP contribution in [0.3, 0.4) is 0 Å². The molecule has 4 heteroatoms. The molecule has 1 aromatic heterocycles. The highest BCUT2D eigenvalue weighted by Gasteiger charge is 2.31. The number of carbonyl (C=O) groups excluding carboxylic acids is 2. The van der Waals surface area contributed by atoms with E-state index in [1.165, 1.54) is 6.20 Å². The largest absolute Gasteiger partial charge is 0.355 e. The number of rotatable bonds is 2. The van der Waals surface area contributed by atoms with Gasteiger partial charge in [-0.25, -0.2) is 0 Å². The molecule has 4 nitrogen and oxygen atoms in total. The van der Waals surface area contributed by atoms with Crippen molar-refractivity contribution in [1.29, 1.82) is 0 Å². The van der Waals surface area contributed by atoms with Crippen molar-refractivity contribution in [1.82, 2.24) is 10.3 Å². The molecule has 1 aliphatic heterocycles. The zero-order valence-electron chi connectivity index (χ0n) is 8.49. The van der Waals surface area contributed by atoms with Gasteiger partial charge in [0.1, 0.15) is 5.92 Å². The Labute approximate surface area is 87.7 Å². The Balaban J connectivity index is 2.20. The zero-order valence-corrected chi connectivity index (χ0v) is 8.49. The summed E-state index contributed by atoms with van der Waals surface area (Å²) in [7, 11) is 0. The fourth-order valence-electron chi connectivity index (χ4n) is 1.66. The maximum Gasteiger partial charge on any atom is 0.231 e. The molecule has 0 spiro atoms. The van der Waals surface area contributed by atoms with Crippen LogP contribution in [0.1, 0.15) is 22.5 Å². The number of carbonyl (C=O) groups is 2. The van der Waals surface area contributed by atoms with Crippen molar-refractivity contribution < 1.29 is 9.59 Å². The predicted octanol–water partition coefficient (Wildman–Crippen LogP) is 0.709. The van der Waals surface area contributed by atoms with Gasteiger partial charge < -0.3 is 5.32 Å². The van der Waals surface area contributed by atoms with Crippen LogP contribution in [0.4, 0.5) is 0 Å². The lowest BCUT2D eigenvalue weighted by Crippen LogP contribution is -2.25. The Morgan fingerprint density at radius 3 is 2.87 bits per heavy atom. The lowest BCUT2D eigenvalue weighted by Gasteiger charge is -2.05. The van der Waals surface area contributed by atoms with Crippen molar-refractivity contribution >= 4 is 11.7 Å². The number of aryl methyl sites for hydroxylation is 1. The number of aromatic nitrogens is 1. The monoisotopic (exact) mass is 204 g/mol. The summed E-state index contributed by atoms with van der Waals surface area (Å²) in [5.74, 6) is -0.812. The third-order valence-corrected chi connectivity index (χ3v) is 2.56. The van der Waals surface area contributed by atoms with E-state index < -0.39 is 5.92 Å². The topological polar surface area (TPSA) is 59.1 Å². The highest BCUT2D eigenvalue weighted by Crippen LogP contribution is 2.16. The maximum atomic E-state index is 11.9. The van der Waals surface area contributed by atoms with Crippen LogP contribution >= 0.6 is 0 Å². The zero-order chi connectivity index (χ0) is 10.8. The smallest absolute Gasteiger partial charge is 0.231 e. The maximum absolute atomic E-state index is 11.9. The predicted molar refractivity (Wildman–Crippen MR) is 54.4 cm³/mol. The number of pyridine rings is 1. The second-order valence-corrected chi connectivity index (χ2v) is 3.68. The van der Waals surface area contributed by atoms with Gasteiger partial charge >= 0.3 is 0 Å². The molecule has 2 rings (SSSR count). The minimum atomic E-state index is -0.519. The van der Waals surface area contributed by atoms with Crippen molar-refractivity contribution in [3.63, 3.8) is 0 Å². The molecule has 1 amide bonds. The molecule has 0 radical (unpaired) electrons. The average molecular weight is 204 g/mol. The van der Waals surface area contributed by atoms with Gasteiger partial charge in [-0.05, 0) is 25.5 Å². The van der Waals surface area contributed by atoms with Gasteiger partial charge in [-0.2, -0.15) is 0 Å². The third kappa shape index (κ3) is 1.88. The minimum absolute atomic E-state index is 0.127. The van der Waals surface area contributed by atoms with Crippen LogP contribution < -0.4 is 5.32 Å². The van der Waals surface area contributed by atoms with Gasteiger partial charge in [-0.15, -0.1) is 0 Å². The summed E-state index contributed by atoms with van der Waals surface area (Å²) >= 11 is 0. The van der Waals surface area contributed by atoms with E-state index in [-0.39, 0.29) is 11.7 Å². The van der Waals surface area contributed by atoms with Crippen LogP contribution in [-0.2, 0) is 4.79 Å². The normalized spacial score (nSPS) is 20.1. The van der Waals surface area contributed by atoms with Gasteiger partial charge in [-0.3, -0.25) is 14.6 Å². The molecule has 2 heterocycles. The molecular formula is C11H12N2O2. The molecule has 0 unspecified atom stereocenters. The lowest BCUT2D eigenvalue weighted by atomic mass is 9.97.